The fourth-order valence-electron chi connectivity index (χ4n) is 1.87. The Morgan fingerprint density at radius 1 is 1.10 bits per heavy atom. The normalized spacial score (nSPS) is 14.3. The Labute approximate surface area is 128 Å². The van der Waals surface area contributed by atoms with Crippen molar-refractivity contribution in [2.75, 3.05) is 32.9 Å². The molecule has 0 amide bonds. The summed E-state index contributed by atoms with van der Waals surface area (Å²) in [6.45, 7) is 9.30. The van der Waals surface area contributed by atoms with Gasteiger partial charge in [-0.3, -0.25) is 0 Å². The van der Waals surface area contributed by atoms with E-state index in [0.29, 0.717) is 25.7 Å². The SMILES string of the molecule is CC(C)COCCNCC(O)COC(C)c1ccccc1. The van der Waals surface area contributed by atoms with Crippen LogP contribution in [0.3, 0.4) is 0 Å². The van der Waals surface area contributed by atoms with E-state index in [1.807, 2.05) is 37.3 Å². The van der Waals surface area contributed by atoms with E-state index in [-0.39, 0.29) is 6.10 Å². The summed E-state index contributed by atoms with van der Waals surface area (Å²) in [6.07, 6.45) is -0.503. The Balaban J connectivity index is 2.05. The molecule has 21 heavy (non-hydrogen) atoms. The highest BCUT2D eigenvalue weighted by Crippen LogP contribution is 2.15. The molecule has 1 aromatic rings. The minimum absolute atomic E-state index is 0.00442. The highest BCUT2D eigenvalue weighted by molar-refractivity contribution is 5.16. The summed E-state index contributed by atoms with van der Waals surface area (Å²) in [5, 5.41) is 13.0. The average molecular weight is 295 g/mol. The van der Waals surface area contributed by atoms with Crippen molar-refractivity contribution in [2.45, 2.75) is 33.0 Å². The molecule has 0 saturated carbocycles. The Hall–Kier alpha value is -0.940. The number of hydrogen-bond donors (Lipinski definition) is 2. The maximum Gasteiger partial charge on any atom is 0.0897 e. The maximum absolute atomic E-state index is 9.86. The fourth-order valence-corrected chi connectivity index (χ4v) is 1.87. The van der Waals surface area contributed by atoms with E-state index in [1.54, 1.807) is 0 Å². The van der Waals surface area contributed by atoms with Crippen LogP contribution in [0.1, 0.15) is 32.4 Å². The lowest BCUT2D eigenvalue weighted by atomic mass is 10.1. The number of aliphatic hydroxyl groups excluding tert-OH is 1. The van der Waals surface area contributed by atoms with Gasteiger partial charge in [0.05, 0.1) is 25.4 Å². The zero-order chi connectivity index (χ0) is 15.5. The third-order valence-corrected chi connectivity index (χ3v) is 3.06. The number of hydrogen-bond acceptors (Lipinski definition) is 4. The first-order valence-corrected chi connectivity index (χ1v) is 7.72. The molecule has 2 unspecified atom stereocenters. The molecular weight excluding hydrogens is 266 g/mol. The molecule has 0 spiro atoms. The van der Waals surface area contributed by atoms with Gasteiger partial charge in [0.2, 0.25) is 0 Å². The van der Waals surface area contributed by atoms with Gasteiger partial charge in [-0.2, -0.15) is 0 Å². The van der Waals surface area contributed by atoms with Gasteiger partial charge in [0.25, 0.3) is 0 Å². The second kappa shape index (κ2) is 10.7. The third-order valence-electron chi connectivity index (χ3n) is 3.06. The Morgan fingerprint density at radius 2 is 1.81 bits per heavy atom. The zero-order valence-electron chi connectivity index (χ0n) is 13.4. The van der Waals surface area contributed by atoms with Crippen molar-refractivity contribution in [2.24, 2.45) is 5.92 Å². The maximum atomic E-state index is 9.86. The molecule has 0 aliphatic rings. The second-order valence-electron chi connectivity index (χ2n) is 5.71. The lowest BCUT2D eigenvalue weighted by Crippen LogP contribution is -2.32. The van der Waals surface area contributed by atoms with Gasteiger partial charge in [0, 0.05) is 19.7 Å². The van der Waals surface area contributed by atoms with Crippen LogP contribution >= 0.6 is 0 Å². The topological polar surface area (TPSA) is 50.7 Å². The Morgan fingerprint density at radius 3 is 2.48 bits per heavy atom. The quantitative estimate of drug-likeness (QED) is 0.616. The molecule has 120 valence electrons. The molecule has 4 heteroatoms. The van der Waals surface area contributed by atoms with Gasteiger partial charge in [0.1, 0.15) is 0 Å². The summed E-state index contributed by atoms with van der Waals surface area (Å²) < 4.78 is 11.1. The first-order valence-electron chi connectivity index (χ1n) is 7.72. The van der Waals surface area contributed by atoms with Crippen molar-refractivity contribution in [1.82, 2.24) is 5.32 Å². The smallest absolute Gasteiger partial charge is 0.0897 e. The molecular formula is C17H29NO3. The van der Waals surface area contributed by atoms with Crippen LogP contribution in [-0.4, -0.2) is 44.1 Å². The number of nitrogens with one attached hydrogen (secondary N) is 1. The summed E-state index contributed by atoms with van der Waals surface area (Å²) in [6, 6.07) is 10.0. The van der Waals surface area contributed by atoms with Crippen molar-refractivity contribution in [3.63, 3.8) is 0 Å². The second-order valence-corrected chi connectivity index (χ2v) is 5.71. The summed E-state index contributed by atoms with van der Waals surface area (Å²) in [7, 11) is 0. The van der Waals surface area contributed by atoms with Gasteiger partial charge >= 0.3 is 0 Å². The zero-order valence-corrected chi connectivity index (χ0v) is 13.4. The molecule has 0 bridgehead atoms. The molecule has 1 rings (SSSR count). The standard InChI is InChI=1S/C17H29NO3/c1-14(2)12-20-10-9-18-11-17(19)13-21-15(3)16-7-5-4-6-8-16/h4-8,14-15,17-19H,9-13H2,1-3H3. The van der Waals surface area contributed by atoms with E-state index in [9.17, 15) is 5.11 Å². The minimum Gasteiger partial charge on any atom is -0.389 e. The van der Waals surface area contributed by atoms with Gasteiger partial charge in [0.15, 0.2) is 0 Å². The van der Waals surface area contributed by atoms with E-state index in [4.69, 9.17) is 9.47 Å². The largest absolute Gasteiger partial charge is 0.389 e. The molecule has 0 heterocycles. The van der Waals surface area contributed by atoms with Gasteiger partial charge < -0.3 is 19.9 Å². The van der Waals surface area contributed by atoms with Gasteiger partial charge in [-0.15, -0.1) is 0 Å². The van der Waals surface area contributed by atoms with Crippen molar-refractivity contribution in [3.8, 4) is 0 Å². The number of rotatable bonds is 11. The Kier molecular flexibility index (Phi) is 9.26. The van der Waals surface area contributed by atoms with E-state index in [2.05, 4.69) is 19.2 Å². The first kappa shape index (κ1) is 18.1. The Bertz CT molecular complexity index is 356. The van der Waals surface area contributed by atoms with Gasteiger partial charge in [-0.1, -0.05) is 44.2 Å². The van der Waals surface area contributed by atoms with Crippen LogP contribution in [-0.2, 0) is 9.47 Å². The predicted octanol–water partition coefficient (Wildman–Crippen LogP) is 2.39. The summed E-state index contributed by atoms with van der Waals surface area (Å²) in [5.41, 5.74) is 1.12. The minimum atomic E-state index is -0.499. The average Bonchev–Trinajstić information content (AvgIpc) is 2.49. The van der Waals surface area contributed by atoms with E-state index >= 15 is 0 Å². The van der Waals surface area contributed by atoms with E-state index in [0.717, 1.165) is 18.7 Å². The first-order chi connectivity index (χ1) is 10.1. The molecule has 0 saturated heterocycles. The summed E-state index contributed by atoms with van der Waals surface area (Å²) in [4.78, 5) is 0. The summed E-state index contributed by atoms with van der Waals surface area (Å²) >= 11 is 0. The lowest BCUT2D eigenvalue weighted by Gasteiger charge is -2.17. The third kappa shape index (κ3) is 8.83. The van der Waals surface area contributed by atoms with Crippen LogP contribution in [0.4, 0.5) is 0 Å². The van der Waals surface area contributed by atoms with Crippen molar-refractivity contribution in [1.29, 1.82) is 0 Å². The molecule has 2 N–H and O–H groups in total. The van der Waals surface area contributed by atoms with Crippen LogP contribution in [0, 0.1) is 5.92 Å². The predicted molar refractivity (Wildman–Crippen MR) is 85.3 cm³/mol. The monoisotopic (exact) mass is 295 g/mol. The number of benzene rings is 1. The van der Waals surface area contributed by atoms with E-state index in [1.165, 1.54) is 0 Å². The van der Waals surface area contributed by atoms with Gasteiger partial charge in [-0.05, 0) is 18.4 Å². The molecule has 1 aromatic carbocycles. The number of ether oxygens (including phenoxy) is 2. The molecule has 0 fully saturated rings. The molecule has 4 nitrogen and oxygen atoms in total. The van der Waals surface area contributed by atoms with Crippen molar-refractivity contribution >= 4 is 0 Å². The molecule has 2 atom stereocenters. The van der Waals surface area contributed by atoms with Crippen LogP contribution < -0.4 is 5.32 Å². The van der Waals surface area contributed by atoms with E-state index < -0.39 is 6.10 Å². The van der Waals surface area contributed by atoms with Crippen molar-refractivity contribution in [3.05, 3.63) is 35.9 Å². The highest BCUT2D eigenvalue weighted by Gasteiger charge is 2.09. The van der Waals surface area contributed by atoms with Crippen LogP contribution in [0.25, 0.3) is 0 Å². The molecule has 0 aliphatic carbocycles. The van der Waals surface area contributed by atoms with Crippen LogP contribution in [0.5, 0.6) is 0 Å². The summed E-state index contributed by atoms with van der Waals surface area (Å²) in [5.74, 6) is 0.559. The van der Waals surface area contributed by atoms with Crippen LogP contribution in [0.2, 0.25) is 0 Å². The van der Waals surface area contributed by atoms with Gasteiger partial charge in [-0.25, -0.2) is 0 Å². The molecule has 0 aromatic heterocycles. The van der Waals surface area contributed by atoms with Crippen LogP contribution in [0.15, 0.2) is 30.3 Å². The number of aliphatic hydroxyl groups is 1. The fraction of sp³-hybridized carbons (Fsp3) is 0.647. The lowest BCUT2D eigenvalue weighted by molar-refractivity contribution is -0.00269. The highest BCUT2D eigenvalue weighted by atomic mass is 16.5. The molecule has 0 aliphatic heterocycles. The molecule has 0 radical (unpaired) electrons. The van der Waals surface area contributed by atoms with Crippen molar-refractivity contribution < 1.29 is 14.6 Å².